The first-order valence-electron chi connectivity index (χ1n) is 4.92. The highest BCUT2D eigenvalue weighted by atomic mass is 32.2. The summed E-state index contributed by atoms with van der Waals surface area (Å²) in [5.41, 5.74) is 0. The molecule has 13 heavy (non-hydrogen) atoms. The lowest BCUT2D eigenvalue weighted by Crippen LogP contribution is -2.11. The number of hydrogen-bond acceptors (Lipinski definition) is 3. The maximum absolute atomic E-state index is 10.7. The van der Waals surface area contributed by atoms with Crippen molar-refractivity contribution in [1.29, 1.82) is 0 Å². The van der Waals surface area contributed by atoms with E-state index in [0.717, 1.165) is 12.7 Å². The van der Waals surface area contributed by atoms with Gasteiger partial charge in [0.2, 0.25) is 0 Å². The van der Waals surface area contributed by atoms with Crippen molar-refractivity contribution in [3.63, 3.8) is 0 Å². The summed E-state index contributed by atoms with van der Waals surface area (Å²) in [5, 5.41) is 0. The molecule has 0 aromatic heterocycles. The Morgan fingerprint density at radius 1 is 1.23 bits per heavy atom. The lowest BCUT2D eigenvalue weighted by Gasteiger charge is -2.20. The Morgan fingerprint density at radius 2 is 1.85 bits per heavy atom. The minimum atomic E-state index is -3.22. The normalized spacial score (nSPS) is 20.4. The van der Waals surface area contributed by atoms with Crippen LogP contribution in [0.5, 0.6) is 0 Å². The minimum absolute atomic E-state index is 0.365. The molecule has 1 fully saturated rings. The molecular weight excluding hydrogens is 188 g/mol. The fourth-order valence-electron chi connectivity index (χ4n) is 1.84. The molecule has 0 saturated heterocycles. The topological polar surface area (TPSA) is 43.4 Å². The molecule has 1 saturated carbocycles. The van der Waals surface area contributed by atoms with E-state index in [1.165, 1.54) is 32.1 Å². The highest BCUT2D eigenvalue weighted by molar-refractivity contribution is 7.85. The third kappa shape index (κ3) is 5.26. The third-order valence-corrected chi connectivity index (χ3v) is 3.14. The van der Waals surface area contributed by atoms with E-state index < -0.39 is 10.1 Å². The van der Waals surface area contributed by atoms with E-state index in [1.807, 2.05) is 0 Å². The third-order valence-electron chi connectivity index (χ3n) is 2.55. The van der Waals surface area contributed by atoms with Gasteiger partial charge in [-0.3, -0.25) is 4.18 Å². The van der Waals surface area contributed by atoms with Crippen molar-refractivity contribution in [2.75, 3.05) is 12.9 Å². The van der Waals surface area contributed by atoms with Crippen molar-refractivity contribution in [2.24, 2.45) is 5.92 Å². The Morgan fingerprint density at radius 3 is 2.38 bits per heavy atom. The summed E-state index contributed by atoms with van der Waals surface area (Å²) in [7, 11) is -3.22. The Kier molecular flexibility index (Phi) is 4.19. The lowest BCUT2D eigenvalue weighted by atomic mass is 9.87. The fraction of sp³-hybridized carbons (Fsp3) is 1.00. The van der Waals surface area contributed by atoms with Crippen molar-refractivity contribution in [1.82, 2.24) is 0 Å². The molecule has 3 nitrogen and oxygen atoms in total. The van der Waals surface area contributed by atoms with Gasteiger partial charge in [0.15, 0.2) is 0 Å². The second kappa shape index (κ2) is 4.96. The van der Waals surface area contributed by atoms with Crippen LogP contribution >= 0.6 is 0 Å². The van der Waals surface area contributed by atoms with Gasteiger partial charge in [0.05, 0.1) is 12.9 Å². The molecule has 4 heteroatoms. The van der Waals surface area contributed by atoms with Gasteiger partial charge in [0.25, 0.3) is 10.1 Å². The zero-order valence-corrected chi connectivity index (χ0v) is 8.98. The van der Waals surface area contributed by atoms with Crippen LogP contribution in [0.15, 0.2) is 0 Å². The zero-order chi connectivity index (χ0) is 9.73. The fourth-order valence-corrected chi connectivity index (χ4v) is 2.24. The van der Waals surface area contributed by atoms with Crippen LogP contribution in [-0.4, -0.2) is 21.3 Å². The van der Waals surface area contributed by atoms with Gasteiger partial charge in [-0.25, -0.2) is 0 Å². The molecule has 0 unspecified atom stereocenters. The van der Waals surface area contributed by atoms with Gasteiger partial charge in [-0.2, -0.15) is 8.42 Å². The van der Waals surface area contributed by atoms with Crippen LogP contribution in [0.2, 0.25) is 0 Å². The quantitative estimate of drug-likeness (QED) is 0.660. The first-order valence-corrected chi connectivity index (χ1v) is 6.74. The highest BCUT2D eigenvalue weighted by Crippen LogP contribution is 2.26. The number of rotatable bonds is 4. The largest absolute Gasteiger partial charge is 0.270 e. The van der Waals surface area contributed by atoms with Crippen LogP contribution < -0.4 is 0 Å². The summed E-state index contributed by atoms with van der Waals surface area (Å²) in [6.45, 7) is 0.365. The van der Waals surface area contributed by atoms with Crippen LogP contribution in [0.1, 0.15) is 38.5 Å². The van der Waals surface area contributed by atoms with Crippen LogP contribution in [0.25, 0.3) is 0 Å². The monoisotopic (exact) mass is 206 g/mol. The zero-order valence-electron chi connectivity index (χ0n) is 8.16. The van der Waals surface area contributed by atoms with E-state index in [1.54, 1.807) is 0 Å². The van der Waals surface area contributed by atoms with Crippen molar-refractivity contribution < 1.29 is 12.6 Å². The van der Waals surface area contributed by atoms with Gasteiger partial charge in [-0.1, -0.05) is 32.1 Å². The molecule has 78 valence electrons. The van der Waals surface area contributed by atoms with Crippen molar-refractivity contribution in [2.45, 2.75) is 38.5 Å². The van der Waals surface area contributed by atoms with E-state index in [9.17, 15) is 8.42 Å². The molecular formula is C9H18O3S. The standard InChI is InChI=1S/C9H18O3S/c1-13(10,11)12-8-7-9-5-3-2-4-6-9/h9H,2-8H2,1H3. The molecule has 0 atom stereocenters. The van der Waals surface area contributed by atoms with Gasteiger partial charge in [0, 0.05) is 0 Å². The molecule has 0 spiro atoms. The van der Waals surface area contributed by atoms with Crippen LogP contribution in [0.4, 0.5) is 0 Å². The van der Waals surface area contributed by atoms with Gasteiger partial charge < -0.3 is 0 Å². The summed E-state index contributed by atoms with van der Waals surface area (Å²) in [6, 6.07) is 0. The second-order valence-corrected chi connectivity index (χ2v) is 5.46. The summed E-state index contributed by atoms with van der Waals surface area (Å²) in [6.07, 6.45) is 8.41. The lowest BCUT2D eigenvalue weighted by molar-refractivity contribution is 0.251. The summed E-state index contributed by atoms with van der Waals surface area (Å²) < 4.78 is 26.0. The average molecular weight is 206 g/mol. The van der Waals surface area contributed by atoms with Crippen molar-refractivity contribution in [3.8, 4) is 0 Å². The molecule has 1 rings (SSSR count). The Labute approximate surface area is 80.6 Å². The molecule has 0 amide bonds. The molecule has 0 radical (unpaired) electrons. The predicted octanol–water partition coefficient (Wildman–Crippen LogP) is 1.93. The Hall–Kier alpha value is -0.0900. The Bertz CT molecular complexity index is 227. The van der Waals surface area contributed by atoms with Gasteiger partial charge in [-0.15, -0.1) is 0 Å². The summed E-state index contributed by atoms with van der Waals surface area (Å²) >= 11 is 0. The molecule has 0 aliphatic heterocycles. The van der Waals surface area contributed by atoms with E-state index in [2.05, 4.69) is 0 Å². The van der Waals surface area contributed by atoms with Gasteiger partial charge >= 0.3 is 0 Å². The maximum atomic E-state index is 10.7. The molecule has 0 aromatic rings. The molecule has 1 aliphatic rings. The van der Waals surface area contributed by atoms with E-state index in [4.69, 9.17) is 4.18 Å². The van der Waals surface area contributed by atoms with Crippen LogP contribution in [0.3, 0.4) is 0 Å². The van der Waals surface area contributed by atoms with E-state index >= 15 is 0 Å². The molecule has 0 bridgehead atoms. The maximum Gasteiger partial charge on any atom is 0.264 e. The smallest absolute Gasteiger partial charge is 0.264 e. The SMILES string of the molecule is CS(=O)(=O)OCCC1CCCCC1. The Balaban J connectivity index is 2.11. The van der Waals surface area contributed by atoms with E-state index in [0.29, 0.717) is 12.5 Å². The number of hydrogen-bond donors (Lipinski definition) is 0. The molecule has 0 heterocycles. The highest BCUT2D eigenvalue weighted by Gasteiger charge is 2.13. The average Bonchev–Trinajstić information content (AvgIpc) is 2.04. The first-order chi connectivity index (χ1) is 6.08. The molecule has 0 N–H and O–H groups in total. The van der Waals surface area contributed by atoms with Gasteiger partial charge in [0.1, 0.15) is 0 Å². The van der Waals surface area contributed by atoms with Gasteiger partial charge in [-0.05, 0) is 12.3 Å². The minimum Gasteiger partial charge on any atom is -0.270 e. The summed E-state index contributed by atoms with van der Waals surface area (Å²) in [5.74, 6) is 0.690. The van der Waals surface area contributed by atoms with E-state index in [-0.39, 0.29) is 0 Å². The first kappa shape index (κ1) is 11.0. The molecule has 1 aliphatic carbocycles. The molecule has 0 aromatic carbocycles. The van der Waals surface area contributed by atoms with Crippen LogP contribution in [-0.2, 0) is 14.3 Å². The van der Waals surface area contributed by atoms with Crippen molar-refractivity contribution in [3.05, 3.63) is 0 Å². The second-order valence-electron chi connectivity index (χ2n) is 3.82. The predicted molar refractivity (Wildman–Crippen MR) is 52.0 cm³/mol. The van der Waals surface area contributed by atoms with Crippen molar-refractivity contribution >= 4 is 10.1 Å². The van der Waals surface area contributed by atoms with Crippen LogP contribution in [0, 0.1) is 5.92 Å². The summed E-state index contributed by atoms with van der Waals surface area (Å²) in [4.78, 5) is 0.